The Hall–Kier alpha value is -2.05. The molecule has 0 aromatic heterocycles. The molecule has 0 bridgehead atoms. The highest BCUT2D eigenvalue weighted by molar-refractivity contribution is 8.13. The maximum absolute atomic E-state index is 14.1. The van der Waals surface area contributed by atoms with Crippen molar-refractivity contribution in [3.05, 3.63) is 63.9 Å². The van der Waals surface area contributed by atoms with Gasteiger partial charge in [-0.15, -0.1) is 0 Å². The molecule has 0 spiro atoms. The highest BCUT2D eigenvalue weighted by Crippen LogP contribution is 2.36. The van der Waals surface area contributed by atoms with Gasteiger partial charge >= 0.3 is 0 Å². The van der Waals surface area contributed by atoms with Crippen LogP contribution in [0.15, 0.2) is 41.4 Å². The Kier molecular flexibility index (Phi) is 5.25. The lowest BCUT2D eigenvalue weighted by molar-refractivity contribution is 0.102. The predicted octanol–water partition coefficient (Wildman–Crippen LogP) is 4.71. The summed E-state index contributed by atoms with van der Waals surface area (Å²) in [6.45, 7) is 3.74. The molecule has 4 nitrogen and oxygen atoms in total. The van der Waals surface area contributed by atoms with Gasteiger partial charge in [0.1, 0.15) is 5.82 Å². The van der Waals surface area contributed by atoms with Crippen molar-refractivity contribution in [2.45, 2.75) is 25.8 Å². The molecule has 1 amide bonds. The number of aryl methyl sites for hydroxylation is 1. The second-order valence-electron chi connectivity index (χ2n) is 6.41. The second kappa shape index (κ2) is 7.29. The lowest BCUT2D eigenvalue weighted by atomic mass is 9.89. The van der Waals surface area contributed by atoms with Gasteiger partial charge in [0.15, 0.2) is 5.17 Å². The number of hydrogen-bond acceptors (Lipinski definition) is 4. The minimum absolute atomic E-state index is 0.118. The van der Waals surface area contributed by atoms with E-state index in [9.17, 15) is 9.18 Å². The summed E-state index contributed by atoms with van der Waals surface area (Å²) >= 11 is 7.65. The summed E-state index contributed by atoms with van der Waals surface area (Å²) in [6, 6.07) is 10.1. The largest absolute Gasteiger partial charge is 0.379 e. The quantitative estimate of drug-likeness (QED) is 0.796. The molecule has 3 N–H and O–H groups in total. The Morgan fingerprint density at radius 1 is 1.38 bits per heavy atom. The van der Waals surface area contributed by atoms with Crippen molar-refractivity contribution < 1.29 is 9.18 Å². The number of nitrogens with two attached hydrogens (primary N) is 1. The normalized spacial score (nSPS) is 19.8. The van der Waals surface area contributed by atoms with E-state index in [0.29, 0.717) is 16.4 Å². The Morgan fingerprint density at radius 2 is 2.15 bits per heavy atom. The number of thioether (sulfide) groups is 1. The first kappa shape index (κ1) is 18.7. The molecule has 1 unspecified atom stereocenters. The lowest BCUT2D eigenvalue weighted by Crippen LogP contribution is -2.28. The van der Waals surface area contributed by atoms with Crippen molar-refractivity contribution in [1.29, 1.82) is 0 Å². The van der Waals surface area contributed by atoms with Gasteiger partial charge in [-0.05, 0) is 49.6 Å². The van der Waals surface area contributed by atoms with Gasteiger partial charge < -0.3 is 11.1 Å². The molecule has 0 saturated carbocycles. The molecule has 1 atom stereocenters. The monoisotopic (exact) mass is 391 g/mol. The van der Waals surface area contributed by atoms with Crippen LogP contribution in [-0.4, -0.2) is 16.8 Å². The molecule has 0 saturated heterocycles. The molecule has 0 radical (unpaired) electrons. The minimum atomic E-state index is -0.650. The van der Waals surface area contributed by atoms with E-state index in [-0.39, 0.29) is 10.6 Å². The number of amidine groups is 1. The van der Waals surface area contributed by atoms with E-state index in [1.807, 2.05) is 25.1 Å². The van der Waals surface area contributed by atoms with E-state index in [1.54, 1.807) is 19.1 Å². The number of nitrogens with zero attached hydrogens (tertiary/aromatic N) is 1. The average molecular weight is 392 g/mol. The molecular weight excluding hydrogens is 373 g/mol. The topological polar surface area (TPSA) is 67.5 Å². The van der Waals surface area contributed by atoms with Crippen LogP contribution < -0.4 is 11.1 Å². The second-order valence-corrected chi connectivity index (χ2v) is 7.90. The number of halogens is 2. The Bertz CT molecular complexity index is 902. The molecule has 2 aromatic rings. The van der Waals surface area contributed by atoms with Gasteiger partial charge in [-0.25, -0.2) is 4.39 Å². The van der Waals surface area contributed by atoms with Crippen molar-refractivity contribution in [2.24, 2.45) is 10.7 Å². The van der Waals surface area contributed by atoms with Gasteiger partial charge in [0, 0.05) is 11.4 Å². The molecule has 0 fully saturated rings. The summed E-state index contributed by atoms with van der Waals surface area (Å²) in [7, 11) is 0. The molecule has 1 aliphatic heterocycles. The number of benzene rings is 2. The maximum Gasteiger partial charge on any atom is 0.260 e. The van der Waals surface area contributed by atoms with Crippen LogP contribution in [0.25, 0.3) is 0 Å². The number of hydrogen-bond donors (Lipinski definition) is 2. The van der Waals surface area contributed by atoms with Crippen molar-refractivity contribution in [1.82, 2.24) is 0 Å². The van der Waals surface area contributed by atoms with Crippen LogP contribution in [0.2, 0.25) is 5.02 Å². The SMILES string of the molecule is Cc1ccc(F)c(C(=O)Nc2cccc(C3(C)CCSC(N)=N3)c2)c1Cl. The third-order valence-corrected chi connectivity index (χ3v) is 5.73. The zero-order valence-corrected chi connectivity index (χ0v) is 16.0. The van der Waals surface area contributed by atoms with E-state index >= 15 is 0 Å². The van der Waals surface area contributed by atoms with Gasteiger partial charge in [-0.2, -0.15) is 0 Å². The number of rotatable bonds is 3. The fourth-order valence-corrected chi connectivity index (χ4v) is 4.10. The van der Waals surface area contributed by atoms with Gasteiger partial charge in [-0.3, -0.25) is 9.79 Å². The third kappa shape index (κ3) is 3.71. The zero-order chi connectivity index (χ0) is 18.9. The number of nitrogens with one attached hydrogen (secondary N) is 1. The lowest BCUT2D eigenvalue weighted by Gasteiger charge is -2.30. The summed E-state index contributed by atoms with van der Waals surface area (Å²) < 4.78 is 14.1. The molecule has 3 rings (SSSR count). The highest BCUT2D eigenvalue weighted by atomic mass is 35.5. The number of carbonyl (C=O) groups is 1. The molecule has 1 aliphatic rings. The van der Waals surface area contributed by atoms with E-state index in [1.165, 1.54) is 17.8 Å². The van der Waals surface area contributed by atoms with Crippen molar-refractivity contribution in [3.8, 4) is 0 Å². The highest BCUT2D eigenvalue weighted by Gasteiger charge is 2.29. The number of aliphatic imine (C=N–C) groups is 1. The van der Waals surface area contributed by atoms with Gasteiger partial charge in [0.25, 0.3) is 5.91 Å². The van der Waals surface area contributed by atoms with E-state index in [2.05, 4.69) is 10.3 Å². The van der Waals surface area contributed by atoms with Gasteiger partial charge in [0.05, 0.1) is 16.1 Å². The fourth-order valence-electron chi connectivity index (χ4n) is 2.88. The molecule has 2 aromatic carbocycles. The molecule has 136 valence electrons. The van der Waals surface area contributed by atoms with Crippen LogP contribution >= 0.6 is 23.4 Å². The summed E-state index contributed by atoms with van der Waals surface area (Å²) in [5, 5.41) is 3.40. The van der Waals surface area contributed by atoms with Crippen molar-refractivity contribution in [3.63, 3.8) is 0 Å². The van der Waals surface area contributed by atoms with Crippen LogP contribution in [-0.2, 0) is 5.54 Å². The van der Waals surface area contributed by atoms with E-state index < -0.39 is 17.3 Å². The van der Waals surface area contributed by atoms with Crippen LogP contribution in [0.3, 0.4) is 0 Å². The summed E-state index contributed by atoms with van der Waals surface area (Å²) in [4.78, 5) is 17.1. The Morgan fingerprint density at radius 3 is 2.88 bits per heavy atom. The Balaban J connectivity index is 1.89. The van der Waals surface area contributed by atoms with Gasteiger partial charge in [-0.1, -0.05) is 41.6 Å². The van der Waals surface area contributed by atoms with Crippen molar-refractivity contribution >= 4 is 40.1 Å². The average Bonchev–Trinajstić information content (AvgIpc) is 2.58. The van der Waals surface area contributed by atoms with Crippen LogP contribution in [0.4, 0.5) is 10.1 Å². The molecule has 0 aliphatic carbocycles. The standard InChI is InChI=1S/C19H19ClFN3OS/c1-11-6-7-14(21)15(16(11)20)17(25)23-13-5-3-4-12(10-13)19(2)8-9-26-18(22)24-19/h3-7,10H,8-9H2,1-2H3,(H2,22,24)(H,23,25). The maximum atomic E-state index is 14.1. The first-order valence-electron chi connectivity index (χ1n) is 8.15. The van der Waals surface area contributed by atoms with E-state index in [0.717, 1.165) is 17.7 Å². The van der Waals surface area contributed by atoms with Crippen LogP contribution in [0, 0.1) is 12.7 Å². The first-order chi connectivity index (χ1) is 12.3. The summed E-state index contributed by atoms with van der Waals surface area (Å²) in [5.41, 5.74) is 7.42. The molecular formula is C19H19ClFN3OS. The fraction of sp³-hybridized carbons (Fsp3) is 0.263. The van der Waals surface area contributed by atoms with E-state index in [4.69, 9.17) is 17.3 Å². The Labute approximate surface area is 161 Å². The molecule has 26 heavy (non-hydrogen) atoms. The summed E-state index contributed by atoms with van der Waals surface area (Å²) in [6.07, 6.45) is 0.841. The smallest absolute Gasteiger partial charge is 0.260 e. The third-order valence-electron chi connectivity index (χ3n) is 4.45. The first-order valence-corrected chi connectivity index (χ1v) is 9.51. The number of amides is 1. The molecule has 1 heterocycles. The minimum Gasteiger partial charge on any atom is -0.379 e. The number of carbonyl (C=O) groups excluding carboxylic acids is 1. The van der Waals surface area contributed by atoms with Gasteiger partial charge in [0.2, 0.25) is 0 Å². The van der Waals surface area contributed by atoms with Crippen LogP contribution in [0.1, 0.15) is 34.8 Å². The van der Waals surface area contributed by atoms with Crippen molar-refractivity contribution in [2.75, 3.05) is 11.1 Å². The van der Waals surface area contributed by atoms with Crippen LogP contribution in [0.5, 0.6) is 0 Å². The zero-order valence-electron chi connectivity index (χ0n) is 14.5. The summed E-state index contributed by atoms with van der Waals surface area (Å²) in [5.74, 6) is -0.351. The molecule has 7 heteroatoms. The number of anilines is 1. The predicted molar refractivity (Wildman–Crippen MR) is 107 cm³/mol.